The lowest BCUT2D eigenvalue weighted by Crippen LogP contribution is -2.52. The third kappa shape index (κ3) is 4.24. The van der Waals surface area contributed by atoms with Gasteiger partial charge in [0.05, 0.1) is 12.2 Å². The highest BCUT2D eigenvalue weighted by atomic mass is 79.9. The first-order chi connectivity index (χ1) is 13.2. The molecule has 1 aromatic rings. The van der Waals surface area contributed by atoms with Crippen LogP contribution in [0, 0.1) is 17.5 Å². The monoisotopic (exact) mass is 468 g/mol. The number of amides is 1. The van der Waals surface area contributed by atoms with Crippen molar-refractivity contribution in [3.05, 3.63) is 45.5 Å². The molecule has 0 aliphatic carbocycles. The molecule has 0 bridgehead atoms. The van der Waals surface area contributed by atoms with Crippen LogP contribution in [0.4, 0.5) is 22.0 Å². The van der Waals surface area contributed by atoms with Crippen LogP contribution in [0.5, 0.6) is 0 Å². The summed E-state index contributed by atoms with van der Waals surface area (Å²) in [5.41, 5.74) is 6.32. The maximum atomic E-state index is 13.7. The van der Waals surface area contributed by atoms with E-state index in [1.54, 1.807) is 0 Å². The highest BCUT2D eigenvalue weighted by Gasteiger charge is 2.40. The van der Waals surface area contributed by atoms with Gasteiger partial charge in [0, 0.05) is 31.6 Å². The summed E-state index contributed by atoms with van der Waals surface area (Å²) in [5.74, 6) is -3.75. The molecular formula is C17H18BrF5N4O. The average molecular weight is 469 g/mol. The predicted molar refractivity (Wildman–Crippen MR) is 94.8 cm³/mol. The number of nitrogens with zero attached hydrogens (tertiary/aromatic N) is 2. The molecule has 5 nitrogen and oxygen atoms in total. The maximum Gasteiger partial charge on any atom is 0.276 e. The van der Waals surface area contributed by atoms with E-state index in [0.29, 0.717) is 16.4 Å². The molecule has 2 aliphatic rings. The van der Waals surface area contributed by atoms with Crippen molar-refractivity contribution >= 4 is 21.8 Å². The number of nitrogens with two attached hydrogens (primary N) is 1. The highest BCUT2D eigenvalue weighted by molar-refractivity contribution is 9.11. The van der Waals surface area contributed by atoms with E-state index in [1.165, 1.54) is 9.80 Å². The van der Waals surface area contributed by atoms with Gasteiger partial charge in [-0.25, -0.2) is 22.0 Å². The molecule has 0 spiro atoms. The molecule has 2 unspecified atom stereocenters. The summed E-state index contributed by atoms with van der Waals surface area (Å²) >= 11 is 3.20. The number of carbonyl (C=O) groups excluding carboxylic acids is 1. The summed E-state index contributed by atoms with van der Waals surface area (Å²) in [4.78, 5) is 15.5. The number of halogens is 6. The predicted octanol–water partition coefficient (Wildman–Crippen LogP) is 2.27. The zero-order chi connectivity index (χ0) is 20.6. The van der Waals surface area contributed by atoms with Crippen molar-refractivity contribution < 1.29 is 26.7 Å². The third-order valence-corrected chi connectivity index (χ3v) is 5.45. The highest BCUT2D eigenvalue weighted by Crippen LogP contribution is 2.30. The van der Waals surface area contributed by atoms with E-state index in [0.717, 1.165) is 6.07 Å². The van der Waals surface area contributed by atoms with Gasteiger partial charge in [-0.3, -0.25) is 4.79 Å². The zero-order valence-electron chi connectivity index (χ0n) is 14.6. The molecule has 1 amide bonds. The number of fused-ring (bicyclic) bond motifs is 1. The summed E-state index contributed by atoms with van der Waals surface area (Å²) < 4.78 is 66.6. The van der Waals surface area contributed by atoms with Gasteiger partial charge >= 0.3 is 0 Å². The number of carbonyl (C=O) groups is 1. The van der Waals surface area contributed by atoms with Crippen molar-refractivity contribution in [1.82, 2.24) is 15.1 Å². The van der Waals surface area contributed by atoms with Gasteiger partial charge in [-0.05, 0) is 34.0 Å². The Labute approximate surface area is 166 Å². The third-order valence-electron chi connectivity index (χ3n) is 4.76. The van der Waals surface area contributed by atoms with Crippen LogP contribution in [-0.2, 0) is 11.2 Å². The van der Waals surface area contributed by atoms with Crippen LogP contribution in [0.15, 0.2) is 22.4 Å². The Hall–Kier alpha value is -1.88. The van der Waals surface area contributed by atoms with Crippen LogP contribution in [0.1, 0.15) is 12.0 Å². The molecule has 0 radical (unpaired) electrons. The van der Waals surface area contributed by atoms with Crippen LogP contribution < -0.4 is 11.1 Å². The first-order valence-electron chi connectivity index (χ1n) is 8.54. The Morgan fingerprint density at radius 2 is 1.89 bits per heavy atom. The van der Waals surface area contributed by atoms with Crippen LogP contribution in [0.25, 0.3) is 0 Å². The summed E-state index contributed by atoms with van der Waals surface area (Å²) in [6.45, 7) is 0.590. The molecule has 28 heavy (non-hydrogen) atoms. The van der Waals surface area contributed by atoms with Crippen molar-refractivity contribution in [2.24, 2.45) is 5.73 Å². The minimum absolute atomic E-state index is 0.116. The Kier molecular flexibility index (Phi) is 6.13. The molecule has 154 valence electrons. The van der Waals surface area contributed by atoms with Crippen molar-refractivity contribution in [1.29, 1.82) is 0 Å². The molecule has 2 atom stereocenters. The number of nitrogens with one attached hydrogen (secondary N) is 1. The number of hydrogen-bond acceptors (Lipinski definition) is 4. The van der Waals surface area contributed by atoms with E-state index in [-0.39, 0.29) is 43.9 Å². The molecule has 1 saturated heterocycles. The first-order valence-corrected chi connectivity index (χ1v) is 9.33. The maximum absolute atomic E-state index is 13.7. The van der Waals surface area contributed by atoms with E-state index in [1.807, 2.05) is 0 Å². The Morgan fingerprint density at radius 1 is 1.21 bits per heavy atom. The Balaban J connectivity index is 1.60. The van der Waals surface area contributed by atoms with Gasteiger partial charge in [-0.1, -0.05) is 0 Å². The van der Waals surface area contributed by atoms with Crippen molar-refractivity contribution in [2.45, 2.75) is 31.5 Å². The fourth-order valence-electron chi connectivity index (χ4n) is 3.35. The topological polar surface area (TPSA) is 61.6 Å². The van der Waals surface area contributed by atoms with Crippen LogP contribution >= 0.6 is 15.9 Å². The molecule has 3 N–H and O–H groups in total. The average Bonchev–Trinajstić information content (AvgIpc) is 2.96. The molecule has 1 aromatic carbocycles. The summed E-state index contributed by atoms with van der Waals surface area (Å²) in [7, 11) is 0. The molecule has 0 aromatic heterocycles. The second-order valence-electron chi connectivity index (χ2n) is 6.72. The van der Waals surface area contributed by atoms with Gasteiger partial charge in [0.2, 0.25) is 5.91 Å². The Bertz CT molecular complexity index is 806. The minimum atomic E-state index is -2.59. The molecule has 2 aliphatic heterocycles. The standard InChI is InChI=1S/C17H18BrF5N4O/c18-15-13-7-26(1-2-27(13)17(25-15)16(22)23)14(28)5-9(24)3-8-4-11(20)12(21)6-10(8)19/h4,6,9,16-17,25H,1-3,5,7,24H2. The van der Waals surface area contributed by atoms with Gasteiger partial charge in [0.1, 0.15) is 10.4 Å². The lowest BCUT2D eigenvalue weighted by atomic mass is 10.0. The molecule has 3 rings (SSSR count). The Morgan fingerprint density at radius 3 is 2.57 bits per heavy atom. The van der Waals surface area contributed by atoms with Gasteiger partial charge in [0.15, 0.2) is 17.8 Å². The second-order valence-corrected chi connectivity index (χ2v) is 7.51. The van der Waals surface area contributed by atoms with Crippen molar-refractivity contribution in [3.8, 4) is 0 Å². The molecule has 0 saturated carbocycles. The SMILES string of the molecule is NC(CC(=O)N1CCN2C(=C(Br)NC2C(F)F)C1)Cc1cc(F)c(F)cc1F. The summed E-state index contributed by atoms with van der Waals surface area (Å²) in [6, 6.07) is 0.358. The van der Waals surface area contributed by atoms with E-state index < -0.39 is 36.1 Å². The zero-order valence-corrected chi connectivity index (χ0v) is 16.2. The number of hydrogen-bond donors (Lipinski definition) is 2. The van der Waals surface area contributed by atoms with Gasteiger partial charge < -0.3 is 20.9 Å². The molecule has 1 fully saturated rings. The molecule has 11 heteroatoms. The fourth-order valence-corrected chi connectivity index (χ4v) is 3.94. The van der Waals surface area contributed by atoms with E-state index in [2.05, 4.69) is 21.2 Å². The number of alkyl halides is 2. The van der Waals surface area contributed by atoms with Crippen molar-refractivity contribution in [3.63, 3.8) is 0 Å². The van der Waals surface area contributed by atoms with Gasteiger partial charge in [-0.2, -0.15) is 0 Å². The first kappa shape index (κ1) is 20.8. The number of benzene rings is 1. The number of rotatable bonds is 5. The van der Waals surface area contributed by atoms with E-state index >= 15 is 0 Å². The number of piperazine rings is 1. The minimum Gasteiger partial charge on any atom is -0.353 e. The smallest absolute Gasteiger partial charge is 0.276 e. The summed E-state index contributed by atoms with van der Waals surface area (Å²) in [5, 5.41) is 2.65. The lowest BCUT2D eigenvalue weighted by molar-refractivity contribution is -0.132. The fraction of sp³-hybridized carbons (Fsp3) is 0.471. The quantitative estimate of drug-likeness (QED) is 0.395. The van der Waals surface area contributed by atoms with Crippen LogP contribution in [0.2, 0.25) is 0 Å². The van der Waals surface area contributed by atoms with E-state index in [9.17, 15) is 26.7 Å². The van der Waals surface area contributed by atoms with Crippen molar-refractivity contribution in [2.75, 3.05) is 19.6 Å². The molecular weight excluding hydrogens is 451 g/mol. The second kappa shape index (κ2) is 8.24. The lowest BCUT2D eigenvalue weighted by Gasteiger charge is -2.38. The normalized spacial score (nSPS) is 20.5. The van der Waals surface area contributed by atoms with Gasteiger partial charge in [0.25, 0.3) is 6.43 Å². The largest absolute Gasteiger partial charge is 0.353 e. The van der Waals surface area contributed by atoms with Gasteiger partial charge in [-0.15, -0.1) is 0 Å². The summed E-state index contributed by atoms with van der Waals surface area (Å²) in [6.07, 6.45) is -4.02. The van der Waals surface area contributed by atoms with E-state index in [4.69, 9.17) is 5.73 Å². The van der Waals surface area contributed by atoms with Crippen LogP contribution in [-0.4, -0.2) is 54.0 Å². The molecule has 2 heterocycles. The van der Waals surface area contributed by atoms with Crippen LogP contribution in [0.3, 0.4) is 0 Å².